The van der Waals surface area contributed by atoms with Crippen molar-refractivity contribution < 1.29 is 9.59 Å². The Labute approximate surface area is 113 Å². The lowest BCUT2D eigenvalue weighted by molar-refractivity contribution is -0.137. The molecule has 0 saturated carbocycles. The number of hydrogen-bond donors (Lipinski definition) is 1. The van der Waals surface area contributed by atoms with E-state index in [0.29, 0.717) is 30.3 Å². The minimum atomic E-state index is -0.133. The van der Waals surface area contributed by atoms with Gasteiger partial charge in [0.15, 0.2) is 5.16 Å². The van der Waals surface area contributed by atoms with Gasteiger partial charge in [-0.15, -0.1) is 0 Å². The monoisotopic (exact) mass is 277 g/mol. The summed E-state index contributed by atoms with van der Waals surface area (Å²) in [4.78, 5) is 31.9. The number of nitrogens with zero attached hydrogens (tertiary/aromatic N) is 4. The zero-order valence-corrected chi connectivity index (χ0v) is 10.8. The van der Waals surface area contributed by atoms with Gasteiger partial charge in [0, 0.05) is 25.1 Å². The van der Waals surface area contributed by atoms with E-state index in [1.165, 1.54) is 22.9 Å². The standard InChI is InChI=1S/C11H11N5O2S/c12-5-7-6-14-11(15-10(7)13)19-4-3-16-8(17)1-2-9(16)18/h6H,1-4H2,(H2,13,14,15). The van der Waals surface area contributed by atoms with Gasteiger partial charge in [-0.05, 0) is 0 Å². The molecule has 0 radical (unpaired) electrons. The Balaban J connectivity index is 1.89. The summed E-state index contributed by atoms with van der Waals surface area (Å²) in [6.07, 6.45) is 1.95. The smallest absolute Gasteiger partial charge is 0.229 e. The predicted molar refractivity (Wildman–Crippen MR) is 67.8 cm³/mol. The number of imide groups is 1. The van der Waals surface area contributed by atoms with E-state index in [2.05, 4.69) is 9.97 Å². The number of thioether (sulfide) groups is 1. The van der Waals surface area contributed by atoms with Crippen LogP contribution in [0.5, 0.6) is 0 Å². The third-order valence-electron chi connectivity index (χ3n) is 2.62. The number of nitriles is 1. The largest absolute Gasteiger partial charge is 0.382 e. The number of carbonyl (C=O) groups excluding carboxylic acids is 2. The van der Waals surface area contributed by atoms with Crippen LogP contribution >= 0.6 is 11.8 Å². The van der Waals surface area contributed by atoms with Crippen molar-refractivity contribution in [3.05, 3.63) is 11.8 Å². The molecule has 0 bridgehead atoms. The molecular weight excluding hydrogens is 266 g/mol. The maximum Gasteiger partial charge on any atom is 0.229 e. The van der Waals surface area contributed by atoms with Gasteiger partial charge in [-0.2, -0.15) is 5.26 Å². The molecule has 1 fully saturated rings. The quantitative estimate of drug-likeness (QED) is 0.474. The first-order valence-corrected chi connectivity index (χ1v) is 6.59. The van der Waals surface area contributed by atoms with E-state index < -0.39 is 0 Å². The zero-order chi connectivity index (χ0) is 13.8. The summed E-state index contributed by atoms with van der Waals surface area (Å²) in [5.41, 5.74) is 5.80. The molecule has 0 aromatic carbocycles. The highest BCUT2D eigenvalue weighted by Crippen LogP contribution is 2.18. The van der Waals surface area contributed by atoms with Gasteiger partial charge < -0.3 is 5.73 Å². The van der Waals surface area contributed by atoms with E-state index in [1.807, 2.05) is 6.07 Å². The fraction of sp³-hybridized carbons (Fsp3) is 0.364. The molecule has 0 aliphatic carbocycles. The summed E-state index contributed by atoms with van der Waals surface area (Å²) in [6, 6.07) is 1.88. The van der Waals surface area contributed by atoms with Crippen LogP contribution in [0.3, 0.4) is 0 Å². The first kappa shape index (κ1) is 13.3. The van der Waals surface area contributed by atoms with Crippen LogP contribution in [0.4, 0.5) is 5.82 Å². The van der Waals surface area contributed by atoms with Crippen molar-refractivity contribution >= 4 is 29.4 Å². The molecule has 2 N–H and O–H groups in total. The molecule has 2 heterocycles. The molecule has 2 rings (SSSR count). The summed E-state index contributed by atoms with van der Waals surface area (Å²) in [6.45, 7) is 0.339. The molecule has 1 aliphatic heterocycles. The highest BCUT2D eigenvalue weighted by Gasteiger charge is 2.28. The van der Waals surface area contributed by atoms with Crippen LogP contribution in [-0.2, 0) is 9.59 Å². The molecule has 0 atom stereocenters. The van der Waals surface area contributed by atoms with Crippen molar-refractivity contribution in [1.82, 2.24) is 14.9 Å². The van der Waals surface area contributed by atoms with Crippen molar-refractivity contribution in [2.24, 2.45) is 0 Å². The molecule has 8 heteroatoms. The van der Waals surface area contributed by atoms with Gasteiger partial charge in [0.1, 0.15) is 17.5 Å². The van der Waals surface area contributed by atoms with Crippen LogP contribution in [-0.4, -0.2) is 39.0 Å². The Bertz CT molecular complexity index is 553. The Morgan fingerprint density at radius 2 is 2.11 bits per heavy atom. The van der Waals surface area contributed by atoms with Gasteiger partial charge in [-0.25, -0.2) is 9.97 Å². The van der Waals surface area contributed by atoms with Crippen molar-refractivity contribution in [2.45, 2.75) is 18.0 Å². The summed E-state index contributed by atoms with van der Waals surface area (Å²) >= 11 is 1.29. The van der Waals surface area contributed by atoms with Crippen molar-refractivity contribution in [3.8, 4) is 6.07 Å². The molecule has 7 nitrogen and oxygen atoms in total. The van der Waals surface area contributed by atoms with Gasteiger partial charge in [-0.1, -0.05) is 11.8 Å². The lowest BCUT2D eigenvalue weighted by Crippen LogP contribution is -2.31. The Hall–Kier alpha value is -2.14. The van der Waals surface area contributed by atoms with Gasteiger partial charge >= 0.3 is 0 Å². The lowest BCUT2D eigenvalue weighted by Gasteiger charge is -2.12. The molecule has 2 amide bonds. The van der Waals surface area contributed by atoms with Gasteiger partial charge in [0.25, 0.3) is 0 Å². The molecule has 98 valence electrons. The number of carbonyl (C=O) groups is 2. The fourth-order valence-electron chi connectivity index (χ4n) is 1.63. The Morgan fingerprint density at radius 1 is 1.42 bits per heavy atom. The van der Waals surface area contributed by atoms with Crippen molar-refractivity contribution in [3.63, 3.8) is 0 Å². The highest BCUT2D eigenvalue weighted by atomic mass is 32.2. The first-order valence-electron chi connectivity index (χ1n) is 5.60. The third-order valence-corrected chi connectivity index (χ3v) is 3.46. The normalized spacial score (nSPS) is 14.8. The predicted octanol–water partition coefficient (Wildman–Crippen LogP) is 0.172. The highest BCUT2D eigenvalue weighted by molar-refractivity contribution is 7.99. The number of aromatic nitrogens is 2. The van der Waals surface area contributed by atoms with Crippen LogP contribution in [0, 0.1) is 11.3 Å². The number of anilines is 1. The number of nitrogen functional groups attached to an aromatic ring is 1. The third kappa shape index (κ3) is 3.00. The fourth-order valence-corrected chi connectivity index (χ4v) is 2.38. The number of nitrogens with two attached hydrogens (primary N) is 1. The van der Waals surface area contributed by atoms with Gasteiger partial charge in [-0.3, -0.25) is 14.5 Å². The molecule has 0 unspecified atom stereocenters. The van der Waals surface area contributed by atoms with Crippen LogP contribution in [0.25, 0.3) is 0 Å². The molecule has 1 saturated heterocycles. The van der Waals surface area contributed by atoms with E-state index in [-0.39, 0.29) is 23.2 Å². The average Bonchev–Trinajstić information content (AvgIpc) is 2.70. The topological polar surface area (TPSA) is 113 Å². The van der Waals surface area contributed by atoms with Crippen LogP contribution < -0.4 is 5.73 Å². The molecular formula is C11H11N5O2S. The SMILES string of the molecule is N#Cc1cnc(SCCN2C(=O)CCC2=O)nc1N. The number of hydrogen-bond acceptors (Lipinski definition) is 7. The lowest BCUT2D eigenvalue weighted by atomic mass is 10.3. The van der Waals surface area contributed by atoms with E-state index in [9.17, 15) is 9.59 Å². The number of amides is 2. The second-order valence-electron chi connectivity index (χ2n) is 3.85. The summed E-state index contributed by atoms with van der Waals surface area (Å²) in [5.74, 6) is 0.369. The van der Waals surface area contributed by atoms with Crippen LogP contribution in [0.1, 0.15) is 18.4 Å². The first-order chi connectivity index (χ1) is 9.11. The minimum absolute atomic E-state index is 0.133. The van der Waals surface area contributed by atoms with E-state index in [1.54, 1.807) is 0 Å². The van der Waals surface area contributed by atoms with E-state index in [4.69, 9.17) is 11.0 Å². The summed E-state index contributed by atoms with van der Waals surface area (Å²) in [5, 5.41) is 9.12. The van der Waals surface area contributed by atoms with Gasteiger partial charge in [0.05, 0.1) is 6.20 Å². The molecule has 1 aromatic rings. The second-order valence-corrected chi connectivity index (χ2v) is 4.91. The van der Waals surface area contributed by atoms with Crippen LogP contribution in [0.2, 0.25) is 0 Å². The Morgan fingerprint density at radius 3 is 2.68 bits per heavy atom. The molecule has 0 spiro atoms. The van der Waals surface area contributed by atoms with Crippen LogP contribution in [0.15, 0.2) is 11.4 Å². The summed E-state index contributed by atoms with van der Waals surface area (Å²) < 4.78 is 0. The zero-order valence-electron chi connectivity index (χ0n) is 10.00. The molecule has 19 heavy (non-hydrogen) atoms. The summed E-state index contributed by atoms with van der Waals surface area (Å²) in [7, 11) is 0. The van der Waals surface area contributed by atoms with Crippen molar-refractivity contribution in [1.29, 1.82) is 5.26 Å². The molecule has 1 aliphatic rings. The molecule has 1 aromatic heterocycles. The van der Waals surface area contributed by atoms with E-state index >= 15 is 0 Å². The number of likely N-dealkylation sites (tertiary alicyclic amines) is 1. The van der Waals surface area contributed by atoms with E-state index in [0.717, 1.165) is 0 Å². The average molecular weight is 277 g/mol. The van der Waals surface area contributed by atoms with Crippen molar-refractivity contribution in [2.75, 3.05) is 18.0 Å². The number of rotatable bonds is 4. The maximum atomic E-state index is 11.4. The second kappa shape index (κ2) is 5.67. The Kier molecular flexibility index (Phi) is 3.97. The van der Waals surface area contributed by atoms with Gasteiger partial charge in [0.2, 0.25) is 11.8 Å². The minimum Gasteiger partial charge on any atom is -0.382 e. The maximum absolute atomic E-state index is 11.4.